The van der Waals surface area contributed by atoms with Gasteiger partial charge in [-0.05, 0) is 6.42 Å². The fourth-order valence-corrected chi connectivity index (χ4v) is 2.20. The zero-order valence-corrected chi connectivity index (χ0v) is 9.68. The summed E-state index contributed by atoms with van der Waals surface area (Å²) in [4.78, 5) is 6.24. The van der Waals surface area contributed by atoms with Crippen LogP contribution in [-0.4, -0.2) is 24.9 Å². The molecule has 0 spiro atoms. The highest BCUT2D eigenvalue weighted by molar-refractivity contribution is 7.89. The van der Waals surface area contributed by atoms with Crippen molar-refractivity contribution < 1.29 is 8.42 Å². The summed E-state index contributed by atoms with van der Waals surface area (Å²) in [6.07, 6.45) is 6.88. The van der Waals surface area contributed by atoms with Gasteiger partial charge in [-0.1, -0.05) is 26.2 Å². The van der Waals surface area contributed by atoms with Crippen LogP contribution in [-0.2, 0) is 10.0 Å². The van der Waals surface area contributed by atoms with Gasteiger partial charge in [0.25, 0.3) is 10.0 Å². The van der Waals surface area contributed by atoms with E-state index in [0.717, 1.165) is 25.7 Å². The number of unbranched alkanes of at least 4 members (excludes halogenated alkanes) is 3. The number of hydrogen-bond acceptors (Lipinski definition) is 3. The maximum absolute atomic E-state index is 11.5. The Morgan fingerprint density at radius 3 is 2.80 bits per heavy atom. The number of nitrogens with zero attached hydrogens (tertiary/aromatic N) is 1. The quantitative estimate of drug-likeness (QED) is 0.694. The molecule has 1 aromatic rings. The van der Waals surface area contributed by atoms with Gasteiger partial charge in [0.1, 0.15) is 0 Å². The molecule has 0 radical (unpaired) electrons. The van der Waals surface area contributed by atoms with Gasteiger partial charge in [0.2, 0.25) is 0 Å². The summed E-state index contributed by atoms with van der Waals surface area (Å²) in [6.45, 7) is 2.61. The standard InChI is InChI=1S/C9H17N3O2S/c1-2-3-4-5-6-12-15(13,14)9-7-10-8-11-9/h7-8,12H,2-6H2,1H3,(H,10,11). The smallest absolute Gasteiger partial charge is 0.257 e. The van der Waals surface area contributed by atoms with Gasteiger partial charge in [-0.25, -0.2) is 18.1 Å². The number of nitrogens with one attached hydrogen (secondary N) is 2. The monoisotopic (exact) mass is 231 g/mol. The highest BCUT2D eigenvalue weighted by Gasteiger charge is 2.13. The minimum Gasteiger partial charge on any atom is -0.335 e. The van der Waals surface area contributed by atoms with Crippen molar-refractivity contribution in [2.45, 2.75) is 37.6 Å². The van der Waals surface area contributed by atoms with Crippen LogP contribution in [0.4, 0.5) is 0 Å². The van der Waals surface area contributed by atoms with E-state index in [-0.39, 0.29) is 5.03 Å². The predicted octanol–water partition coefficient (Wildman–Crippen LogP) is 1.27. The van der Waals surface area contributed by atoms with Gasteiger partial charge in [-0.3, -0.25) is 0 Å². The molecule has 0 aliphatic rings. The van der Waals surface area contributed by atoms with Gasteiger partial charge < -0.3 is 4.98 Å². The fraction of sp³-hybridized carbons (Fsp3) is 0.667. The molecule has 86 valence electrons. The van der Waals surface area contributed by atoms with Gasteiger partial charge in [-0.2, -0.15) is 0 Å². The summed E-state index contributed by atoms with van der Waals surface area (Å²) in [5, 5.41) is 0.123. The molecule has 1 aromatic heterocycles. The van der Waals surface area contributed by atoms with Crippen molar-refractivity contribution >= 4 is 10.0 Å². The van der Waals surface area contributed by atoms with Gasteiger partial charge >= 0.3 is 0 Å². The molecular weight excluding hydrogens is 214 g/mol. The molecule has 2 N–H and O–H groups in total. The molecule has 0 unspecified atom stereocenters. The van der Waals surface area contributed by atoms with Crippen molar-refractivity contribution in [2.75, 3.05) is 6.54 Å². The van der Waals surface area contributed by atoms with E-state index in [2.05, 4.69) is 21.6 Å². The summed E-state index contributed by atoms with van der Waals surface area (Å²) in [5.41, 5.74) is 0. The highest BCUT2D eigenvalue weighted by Crippen LogP contribution is 2.03. The van der Waals surface area contributed by atoms with Crippen LogP contribution in [0.5, 0.6) is 0 Å². The third-order valence-electron chi connectivity index (χ3n) is 2.09. The Labute approximate surface area is 90.4 Å². The first kappa shape index (κ1) is 12.2. The van der Waals surface area contributed by atoms with Crippen LogP contribution in [0.1, 0.15) is 32.6 Å². The minimum atomic E-state index is -3.37. The Bertz CT molecular complexity index is 359. The van der Waals surface area contributed by atoms with E-state index in [1.165, 1.54) is 12.5 Å². The van der Waals surface area contributed by atoms with Crippen molar-refractivity contribution in [1.29, 1.82) is 0 Å². The van der Waals surface area contributed by atoms with Gasteiger partial charge in [0.15, 0.2) is 5.03 Å². The topological polar surface area (TPSA) is 74.8 Å². The van der Waals surface area contributed by atoms with E-state index in [0.29, 0.717) is 6.54 Å². The lowest BCUT2D eigenvalue weighted by Gasteiger charge is -2.03. The Balaban J connectivity index is 2.32. The maximum Gasteiger partial charge on any atom is 0.257 e. The van der Waals surface area contributed by atoms with E-state index in [1.54, 1.807) is 0 Å². The molecule has 15 heavy (non-hydrogen) atoms. The molecule has 0 atom stereocenters. The number of aromatic amines is 1. The van der Waals surface area contributed by atoms with Crippen LogP contribution in [0.15, 0.2) is 17.6 Å². The van der Waals surface area contributed by atoms with Crippen LogP contribution >= 0.6 is 0 Å². The second kappa shape index (κ2) is 5.87. The van der Waals surface area contributed by atoms with Crippen molar-refractivity contribution in [3.05, 3.63) is 12.5 Å². The number of aromatic nitrogens is 2. The molecule has 5 nitrogen and oxygen atoms in total. The zero-order valence-electron chi connectivity index (χ0n) is 8.86. The van der Waals surface area contributed by atoms with Crippen LogP contribution in [0.2, 0.25) is 0 Å². The Morgan fingerprint density at radius 1 is 1.40 bits per heavy atom. The zero-order chi connectivity index (χ0) is 11.1. The van der Waals surface area contributed by atoms with E-state index in [1.807, 2.05) is 0 Å². The summed E-state index contributed by atoms with van der Waals surface area (Å²) < 4.78 is 25.6. The molecule has 0 amide bonds. The summed E-state index contributed by atoms with van der Waals surface area (Å²) in [6, 6.07) is 0. The maximum atomic E-state index is 11.5. The fourth-order valence-electron chi connectivity index (χ4n) is 1.23. The minimum absolute atomic E-state index is 0.123. The average molecular weight is 231 g/mol. The van der Waals surface area contributed by atoms with Crippen LogP contribution in [0, 0.1) is 0 Å². The van der Waals surface area contributed by atoms with Crippen molar-refractivity contribution in [1.82, 2.24) is 14.7 Å². The first-order valence-electron chi connectivity index (χ1n) is 5.15. The average Bonchev–Trinajstić information content (AvgIpc) is 2.70. The number of H-pyrrole nitrogens is 1. The molecule has 0 fully saturated rings. The molecule has 0 aliphatic heterocycles. The largest absolute Gasteiger partial charge is 0.335 e. The summed E-state index contributed by atoms with van der Waals surface area (Å²) in [7, 11) is -3.37. The summed E-state index contributed by atoms with van der Waals surface area (Å²) >= 11 is 0. The number of hydrogen-bond donors (Lipinski definition) is 2. The third kappa shape index (κ3) is 4.01. The summed E-state index contributed by atoms with van der Waals surface area (Å²) in [5.74, 6) is 0. The number of sulfonamides is 1. The van der Waals surface area contributed by atoms with Crippen molar-refractivity contribution in [2.24, 2.45) is 0 Å². The first-order valence-corrected chi connectivity index (χ1v) is 6.63. The molecule has 0 aliphatic carbocycles. The Morgan fingerprint density at radius 2 is 2.20 bits per heavy atom. The van der Waals surface area contributed by atoms with E-state index < -0.39 is 10.0 Å². The number of imidazole rings is 1. The molecule has 1 heterocycles. The van der Waals surface area contributed by atoms with Gasteiger partial charge in [0.05, 0.1) is 12.5 Å². The van der Waals surface area contributed by atoms with Crippen molar-refractivity contribution in [3.63, 3.8) is 0 Å². The number of rotatable bonds is 7. The van der Waals surface area contributed by atoms with Crippen LogP contribution < -0.4 is 4.72 Å². The van der Waals surface area contributed by atoms with Gasteiger partial charge in [-0.15, -0.1) is 0 Å². The second-order valence-electron chi connectivity index (χ2n) is 3.37. The first-order chi connectivity index (χ1) is 7.17. The normalized spacial score (nSPS) is 11.8. The SMILES string of the molecule is CCCCCCNS(=O)(=O)c1cnc[nH]1. The molecule has 0 bridgehead atoms. The van der Waals surface area contributed by atoms with E-state index in [9.17, 15) is 8.42 Å². The van der Waals surface area contributed by atoms with Crippen LogP contribution in [0.3, 0.4) is 0 Å². The van der Waals surface area contributed by atoms with Crippen molar-refractivity contribution in [3.8, 4) is 0 Å². The molecule has 0 saturated carbocycles. The lowest BCUT2D eigenvalue weighted by molar-refractivity contribution is 0.570. The molecule has 0 aromatic carbocycles. The van der Waals surface area contributed by atoms with E-state index >= 15 is 0 Å². The highest BCUT2D eigenvalue weighted by atomic mass is 32.2. The second-order valence-corrected chi connectivity index (χ2v) is 5.11. The van der Waals surface area contributed by atoms with E-state index in [4.69, 9.17) is 0 Å². The molecule has 6 heteroatoms. The Kier molecular flexibility index (Phi) is 4.77. The molecule has 1 rings (SSSR count). The lowest BCUT2D eigenvalue weighted by Crippen LogP contribution is -2.25. The third-order valence-corrected chi connectivity index (χ3v) is 3.47. The van der Waals surface area contributed by atoms with Crippen LogP contribution in [0.25, 0.3) is 0 Å². The van der Waals surface area contributed by atoms with Gasteiger partial charge in [0, 0.05) is 6.54 Å². The lowest BCUT2D eigenvalue weighted by atomic mass is 10.2. The Hall–Kier alpha value is -0.880. The molecule has 0 saturated heterocycles. The molecular formula is C9H17N3O2S. The predicted molar refractivity (Wildman–Crippen MR) is 57.9 cm³/mol.